The van der Waals surface area contributed by atoms with E-state index in [9.17, 15) is 5.11 Å². The lowest BCUT2D eigenvalue weighted by atomic mass is 10.3. The highest BCUT2D eigenvalue weighted by atomic mass is 32.1. The zero-order chi connectivity index (χ0) is 11.3. The molecule has 1 aromatic rings. The minimum Gasteiger partial charge on any atom is -0.391 e. The first-order chi connectivity index (χ1) is 7.13. The quantitative estimate of drug-likeness (QED) is 0.779. The molecule has 0 aromatic carbocycles. The molecule has 0 radical (unpaired) electrons. The molecule has 0 bridgehead atoms. The highest BCUT2D eigenvalue weighted by Crippen LogP contribution is 2.20. The predicted molar refractivity (Wildman–Crippen MR) is 62.6 cm³/mol. The van der Waals surface area contributed by atoms with Crippen molar-refractivity contribution in [2.75, 3.05) is 25.6 Å². The van der Waals surface area contributed by atoms with Gasteiger partial charge in [-0.05, 0) is 20.3 Å². The van der Waals surface area contributed by atoms with Gasteiger partial charge in [0, 0.05) is 18.5 Å². The second-order valence-corrected chi connectivity index (χ2v) is 4.69. The lowest BCUT2D eigenvalue weighted by molar-refractivity contribution is 0.0615. The van der Waals surface area contributed by atoms with Gasteiger partial charge in [0.1, 0.15) is 0 Å². The average molecular weight is 230 g/mol. The number of thiazole rings is 1. The molecule has 1 unspecified atom stereocenters. The summed E-state index contributed by atoms with van der Waals surface area (Å²) in [4.78, 5) is 5.58. The van der Waals surface area contributed by atoms with E-state index in [1.165, 1.54) is 4.88 Å². The standard InChI is InChI=1S/C10H18N2O2S/c1-7-8(2)15-10(12-7)11-5-4-9(13)6-14-3/h9,13H,4-6H2,1-3H3,(H,11,12). The third-order valence-electron chi connectivity index (χ3n) is 2.14. The Morgan fingerprint density at radius 3 is 2.80 bits per heavy atom. The number of rotatable bonds is 6. The molecule has 1 aromatic heterocycles. The van der Waals surface area contributed by atoms with Gasteiger partial charge in [-0.25, -0.2) is 4.98 Å². The molecule has 4 nitrogen and oxygen atoms in total. The average Bonchev–Trinajstić information content (AvgIpc) is 2.46. The first kappa shape index (κ1) is 12.4. The fraction of sp³-hybridized carbons (Fsp3) is 0.700. The van der Waals surface area contributed by atoms with Crippen LogP contribution in [0.5, 0.6) is 0 Å². The topological polar surface area (TPSA) is 54.4 Å². The number of ether oxygens (including phenoxy) is 1. The lowest BCUT2D eigenvalue weighted by Gasteiger charge is -2.08. The van der Waals surface area contributed by atoms with Gasteiger partial charge in [-0.15, -0.1) is 11.3 Å². The van der Waals surface area contributed by atoms with Gasteiger partial charge in [-0.1, -0.05) is 0 Å². The highest BCUT2D eigenvalue weighted by molar-refractivity contribution is 7.15. The van der Waals surface area contributed by atoms with E-state index in [0.29, 0.717) is 13.0 Å². The molecule has 86 valence electrons. The van der Waals surface area contributed by atoms with Crippen LogP contribution in [0, 0.1) is 13.8 Å². The smallest absolute Gasteiger partial charge is 0.183 e. The van der Waals surface area contributed by atoms with Crippen LogP contribution < -0.4 is 5.32 Å². The van der Waals surface area contributed by atoms with E-state index < -0.39 is 6.10 Å². The maximum absolute atomic E-state index is 9.40. The normalized spacial score (nSPS) is 12.8. The van der Waals surface area contributed by atoms with Crippen molar-refractivity contribution in [3.8, 4) is 0 Å². The SMILES string of the molecule is COCC(O)CCNc1nc(C)c(C)s1. The Bertz CT molecular complexity index is 282. The summed E-state index contributed by atoms with van der Waals surface area (Å²) in [5.74, 6) is 0. The zero-order valence-corrected chi connectivity index (χ0v) is 10.2. The number of aliphatic hydroxyl groups excluding tert-OH is 1. The Balaban J connectivity index is 2.25. The Morgan fingerprint density at radius 1 is 1.53 bits per heavy atom. The minimum atomic E-state index is -0.398. The Labute approximate surface area is 94.3 Å². The fourth-order valence-corrected chi connectivity index (χ4v) is 2.01. The number of anilines is 1. The lowest BCUT2D eigenvalue weighted by Crippen LogP contribution is -2.18. The van der Waals surface area contributed by atoms with Gasteiger partial charge in [-0.2, -0.15) is 0 Å². The number of hydrogen-bond donors (Lipinski definition) is 2. The first-order valence-corrected chi connectivity index (χ1v) is 5.80. The molecule has 0 aliphatic rings. The third kappa shape index (κ3) is 4.15. The van der Waals surface area contributed by atoms with Gasteiger partial charge in [0.05, 0.1) is 18.4 Å². The van der Waals surface area contributed by atoms with E-state index in [1.54, 1.807) is 18.4 Å². The number of aliphatic hydroxyl groups is 1. The van der Waals surface area contributed by atoms with Gasteiger partial charge in [0.2, 0.25) is 0 Å². The summed E-state index contributed by atoms with van der Waals surface area (Å²) >= 11 is 1.64. The molecule has 0 spiro atoms. The second kappa shape index (κ2) is 6.05. The van der Waals surface area contributed by atoms with E-state index in [-0.39, 0.29) is 0 Å². The number of hydrogen-bond acceptors (Lipinski definition) is 5. The van der Waals surface area contributed by atoms with Crippen LogP contribution in [-0.2, 0) is 4.74 Å². The van der Waals surface area contributed by atoms with Gasteiger partial charge >= 0.3 is 0 Å². The van der Waals surface area contributed by atoms with Crippen molar-refractivity contribution in [3.05, 3.63) is 10.6 Å². The van der Waals surface area contributed by atoms with Crippen molar-refractivity contribution in [2.45, 2.75) is 26.4 Å². The van der Waals surface area contributed by atoms with Crippen molar-refractivity contribution in [3.63, 3.8) is 0 Å². The van der Waals surface area contributed by atoms with Crippen LogP contribution in [-0.4, -0.2) is 36.5 Å². The molecule has 5 heteroatoms. The van der Waals surface area contributed by atoms with Crippen molar-refractivity contribution >= 4 is 16.5 Å². The van der Waals surface area contributed by atoms with Crippen LogP contribution in [0.25, 0.3) is 0 Å². The molecule has 0 saturated heterocycles. The van der Waals surface area contributed by atoms with E-state index in [2.05, 4.69) is 17.2 Å². The molecule has 0 aliphatic carbocycles. The van der Waals surface area contributed by atoms with Crippen molar-refractivity contribution in [2.24, 2.45) is 0 Å². The van der Waals surface area contributed by atoms with Crippen molar-refractivity contribution < 1.29 is 9.84 Å². The third-order valence-corrected chi connectivity index (χ3v) is 3.17. The molecule has 0 aliphatic heterocycles. The van der Waals surface area contributed by atoms with Gasteiger partial charge in [0.15, 0.2) is 5.13 Å². The summed E-state index contributed by atoms with van der Waals surface area (Å²) in [5.41, 5.74) is 1.07. The van der Waals surface area contributed by atoms with Crippen LogP contribution >= 0.6 is 11.3 Å². The molecule has 2 N–H and O–H groups in total. The molecule has 1 heterocycles. The highest BCUT2D eigenvalue weighted by Gasteiger charge is 2.05. The van der Waals surface area contributed by atoms with Gasteiger partial charge in [-0.3, -0.25) is 0 Å². The first-order valence-electron chi connectivity index (χ1n) is 4.98. The second-order valence-electron chi connectivity index (χ2n) is 3.49. The predicted octanol–water partition coefficient (Wildman–Crippen LogP) is 1.57. The monoisotopic (exact) mass is 230 g/mol. The van der Waals surface area contributed by atoms with E-state index >= 15 is 0 Å². The molecule has 15 heavy (non-hydrogen) atoms. The Kier molecular flexibility index (Phi) is 5.01. The molecular weight excluding hydrogens is 212 g/mol. The minimum absolute atomic E-state index is 0.387. The number of nitrogens with zero attached hydrogens (tertiary/aromatic N) is 1. The summed E-state index contributed by atoms with van der Waals surface area (Å²) in [6, 6.07) is 0. The summed E-state index contributed by atoms with van der Waals surface area (Å²) in [6.07, 6.45) is 0.274. The van der Waals surface area contributed by atoms with Crippen LogP contribution in [0.3, 0.4) is 0 Å². The Hall–Kier alpha value is -0.650. The maximum atomic E-state index is 9.40. The number of nitrogens with one attached hydrogen (secondary N) is 1. The molecule has 1 atom stereocenters. The van der Waals surface area contributed by atoms with E-state index in [0.717, 1.165) is 17.4 Å². The summed E-state index contributed by atoms with van der Waals surface area (Å²) in [6.45, 7) is 5.16. The largest absolute Gasteiger partial charge is 0.391 e. The Morgan fingerprint density at radius 2 is 2.27 bits per heavy atom. The summed E-state index contributed by atoms with van der Waals surface area (Å²) < 4.78 is 4.84. The molecule has 0 saturated carbocycles. The molecule has 1 rings (SSSR count). The van der Waals surface area contributed by atoms with E-state index in [1.807, 2.05) is 6.92 Å². The molecule has 0 fully saturated rings. The maximum Gasteiger partial charge on any atom is 0.183 e. The van der Waals surface area contributed by atoms with Crippen molar-refractivity contribution in [1.29, 1.82) is 0 Å². The fourth-order valence-electron chi connectivity index (χ4n) is 1.17. The molecule has 0 amide bonds. The number of aryl methyl sites for hydroxylation is 2. The van der Waals surface area contributed by atoms with Gasteiger partial charge in [0.25, 0.3) is 0 Å². The number of methoxy groups -OCH3 is 1. The summed E-state index contributed by atoms with van der Waals surface area (Å²) in [5, 5.41) is 13.5. The van der Waals surface area contributed by atoms with Gasteiger partial charge < -0.3 is 15.2 Å². The van der Waals surface area contributed by atoms with E-state index in [4.69, 9.17) is 4.74 Å². The number of aromatic nitrogens is 1. The van der Waals surface area contributed by atoms with Crippen molar-refractivity contribution in [1.82, 2.24) is 4.98 Å². The molecular formula is C10H18N2O2S. The summed E-state index contributed by atoms with van der Waals surface area (Å²) in [7, 11) is 1.59. The van der Waals surface area contributed by atoms with Crippen LogP contribution in [0.1, 0.15) is 17.0 Å². The van der Waals surface area contributed by atoms with Crippen LogP contribution in [0.15, 0.2) is 0 Å². The zero-order valence-electron chi connectivity index (χ0n) is 9.41. The van der Waals surface area contributed by atoms with Crippen LogP contribution in [0.2, 0.25) is 0 Å². The van der Waals surface area contributed by atoms with Crippen LogP contribution in [0.4, 0.5) is 5.13 Å².